The number of rotatable bonds is 1. The van der Waals surface area contributed by atoms with Gasteiger partial charge in [0.15, 0.2) is 6.29 Å². The smallest absolute Gasteiger partial charge is 0.168 e. The van der Waals surface area contributed by atoms with Crippen molar-refractivity contribution in [3.05, 3.63) is 40.6 Å². The molecule has 15 heavy (non-hydrogen) atoms. The van der Waals surface area contributed by atoms with E-state index in [1.165, 1.54) is 11.1 Å². The number of aryl methyl sites for hydroxylation is 3. The van der Waals surface area contributed by atoms with Crippen LogP contribution in [0.1, 0.15) is 27.2 Å². The van der Waals surface area contributed by atoms with Crippen molar-refractivity contribution in [1.82, 2.24) is 4.98 Å². The largest absolute Gasteiger partial charge is 0.296 e. The van der Waals surface area contributed by atoms with Crippen molar-refractivity contribution >= 4 is 17.2 Å². The Balaban J connectivity index is 2.91. The molecule has 0 amide bonds. The number of aldehydes is 1. The maximum atomic E-state index is 10.7. The fraction of sp³-hybridized carbons (Fsp3) is 0.231. The average molecular weight is 199 g/mol. The van der Waals surface area contributed by atoms with Crippen molar-refractivity contribution in [2.45, 2.75) is 20.8 Å². The number of fused-ring (bicyclic) bond motifs is 1. The van der Waals surface area contributed by atoms with Crippen LogP contribution in [0.5, 0.6) is 0 Å². The van der Waals surface area contributed by atoms with E-state index in [1.54, 1.807) is 0 Å². The van der Waals surface area contributed by atoms with E-state index in [1.807, 2.05) is 26.0 Å². The summed E-state index contributed by atoms with van der Waals surface area (Å²) >= 11 is 0. The van der Waals surface area contributed by atoms with Gasteiger partial charge in [0.25, 0.3) is 0 Å². The second-order valence-corrected chi connectivity index (χ2v) is 3.96. The van der Waals surface area contributed by atoms with Gasteiger partial charge in [-0.25, -0.2) is 4.98 Å². The van der Waals surface area contributed by atoms with E-state index in [0.717, 1.165) is 22.8 Å². The van der Waals surface area contributed by atoms with Gasteiger partial charge in [0, 0.05) is 5.39 Å². The first-order valence-corrected chi connectivity index (χ1v) is 4.95. The van der Waals surface area contributed by atoms with Crippen LogP contribution in [0.15, 0.2) is 18.2 Å². The molecule has 0 radical (unpaired) electrons. The average Bonchev–Trinajstić information content (AvgIpc) is 2.15. The van der Waals surface area contributed by atoms with E-state index in [0.29, 0.717) is 5.69 Å². The van der Waals surface area contributed by atoms with E-state index in [-0.39, 0.29) is 0 Å². The molecule has 0 spiro atoms. The van der Waals surface area contributed by atoms with Crippen LogP contribution >= 0.6 is 0 Å². The molecule has 2 rings (SSSR count). The third-order valence-corrected chi connectivity index (χ3v) is 2.59. The van der Waals surface area contributed by atoms with Gasteiger partial charge < -0.3 is 0 Å². The Bertz CT molecular complexity index is 544. The van der Waals surface area contributed by atoms with E-state index >= 15 is 0 Å². The maximum absolute atomic E-state index is 10.7. The van der Waals surface area contributed by atoms with Crippen LogP contribution in [0.3, 0.4) is 0 Å². The Morgan fingerprint density at radius 1 is 1.07 bits per heavy atom. The Hall–Kier alpha value is -1.70. The predicted molar refractivity (Wildman–Crippen MR) is 61.3 cm³/mol. The van der Waals surface area contributed by atoms with E-state index in [4.69, 9.17) is 0 Å². The molecule has 0 fully saturated rings. The van der Waals surface area contributed by atoms with E-state index in [9.17, 15) is 4.79 Å². The minimum Gasteiger partial charge on any atom is -0.296 e. The number of hydrogen-bond donors (Lipinski definition) is 0. The Morgan fingerprint density at radius 2 is 1.73 bits per heavy atom. The zero-order valence-corrected chi connectivity index (χ0v) is 9.16. The molecule has 0 bridgehead atoms. The first-order valence-electron chi connectivity index (χ1n) is 4.95. The Kier molecular flexibility index (Phi) is 2.27. The second-order valence-electron chi connectivity index (χ2n) is 3.96. The van der Waals surface area contributed by atoms with Crippen molar-refractivity contribution < 1.29 is 4.79 Å². The number of carbonyl (C=O) groups is 1. The lowest BCUT2D eigenvalue weighted by Gasteiger charge is -2.07. The number of benzene rings is 1. The summed E-state index contributed by atoms with van der Waals surface area (Å²) in [6, 6.07) is 5.98. The number of aromatic nitrogens is 1. The normalized spacial score (nSPS) is 10.6. The standard InChI is InChI=1S/C13H13NO/c1-8-4-9(2)13-10(3)6-11(7-15)14-12(13)5-8/h4-7H,1-3H3. The minimum atomic E-state index is 0.505. The predicted octanol–water partition coefficient (Wildman–Crippen LogP) is 2.97. The number of hydrogen-bond acceptors (Lipinski definition) is 2. The third kappa shape index (κ3) is 1.63. The van der Waals surface area contributed by atoms with Crippen LogP contribution < -0.4 is 0 Å². The number of pyridine rings is 1. The van der Waals surface area contributed by atoms with Crippen LogP contribution in [0, 0.1) is 20.8 Å². The molecule has 0 N–H and O–H groups in total. The topological polar surface area (TPSA) is 30.0 Å². The first kappa shape index (κ1) is 9.84. The van der Waals surface area contributed by atoms with Gasteiger partial charge in [0.2, 0.25) is 0 Å². The first-order chi connectivity index (χ1) is 7.11. The SMILES string of the molecule is Cc1cc(C)c2c(C)cc(C=O)nc2c1. The molecule has 0 unspecified atom stereocenters. The van der Waals surface area contributed by atoms with Gasteiger partial charge in [0.05, 0.1) is 5.52 Å². The molecule has 0 saturated carbocycles. The zero-order valence-electron chi connectivity index (χ0n) is 9.16. The van der Waals surface area contributed by atoms with Crippen molar-refractivity contribution in [3.63, 3.8) is 0 Å². The highest BCUT2D eigenvalue weighted by atomic mass is 16.1. The fourth-order valence-corrected chi connectivity index (χ4v) is 2.07. The lowest BCUT2D eigenvalue weighted by atomic mass is 10.0. The third-order valence-electron chi connectivity index (χ3n) is 2.59. The lowest BCUT2D eigenvalue weighted by Crippen LogP contribution is -1.93. The summed E-state index contributed by atoms with van der Waals surface area (Å²) in [6.45, 7) is 6.13. The molecule has 0 aliphatic carbocycles. The maximum Gasteiger partial charge on any atom is 0.168 e. The van der Waals surface area contributed by atoms with E-state index in [2.05, 4.69) is 18.0 Å². The van der Waals surface area contributed by atoms with Gasteiger partial charge in [-0.1, -0.05) is 6.07 Å². The lowest BCUT2D eigenvalue weighted by molar-refractivity contribution is 0.111. The van der Waals surface area contributed by atoms with Crippen molar-refractivity contribution in [2.75, 3.05) is 0 Å². The van der Waals surface area contributed by atoms with Gasteiger partial charge in [-0.2, -0.15) is 0 Å². The molecule has 0 aliphatic heterocycles. The van der Waals surface area contributed by atoms with Crippen LogP contribution in [0.2, 0.25) is 0 Å². The second kappa shape index (κ2) is 3.46. The summed E-state index contributed by atoms with van der Waals surface area (Å²) in [5.74, 6) is 0. The van der Waals surface area contributed by atoms with Crippen LogP contribution in [0.25, 0.3) is 10.9 Å². The van der Waals surface area contributed by atoms with Crippen molar-refractivity contribution in [3.8, 4) is 0 Å². The van der Waals surface area contributed by atoms with Gasteiger partial charge in [-0.3, -0.25) is 4.79 Å². The minimum absolute atomic E-state index is 0.505. The Labute approximate surface area is 89.0 Å². The summed E-state index contributed by atoms with van der Waals surface area (Å²) in [4.78, 5) is 15.0. The number of carbonyl (C=O) groups excluding carboxylic acids is 1. The molecule has 0 aliphatic rings. The quantitative estimate of drug-likeness (QED) is 0.661. The van der Waals surface area contributed by atoms with Crippen molar-refractivity contribution in [1.29, 1.82) is 0 Å². The fourth-order valence-electron chi connectivity index (χ4n) is 2.07. The van der Waals surface area contributed by atoms with Crippen molar-refractivity contribution in [2.24, 2.45) is 0 Å². The zero-order chi connectivity index (χ0) is 11.0. The molecule has 0 atom stereocenters. The summed E-state index contributed by atoms with van der Waals surface area (Å²) in [6.07, 6.45) is 0.796. The molecular weight excluding hydrogens is 186 g/mol. The van der Waals surface area contributed by atoms with Gasteiger partial charge >= 0.3 is 0 Å². The summed E-state index contributed by atoms with van der Waals surface area (Å²) < 4.78 is 0. The van der Waals surface area contributed by atoms with Gasteiger partial charge in [-0.15, -0.1) is 0 Å². The summed E-state index contributed by atoms with van der Waals surface area (Å²) in [7, 11) is 0. The van der Waals surface area contributed by atoms with Crippen LogP contribution in [0.4, 0.5) is 0 Å². The molecule has 1 aromatic carbocycles. The molecule has 1 heterocycles. The summed E-state index contributed by atoms with van der Waals surface area (Å²) in [5, 5.41) is 1.16. The molecule has 76 valence electrons. The highest BCUT2D eigenvalue weighted by molar-refractivity contribution is 5.89. The molecule has 1 aromatic heterocycles. The molecule has 2 heteroatoms. The van der Waals surface area contributed by atoms with Crippen LogP contribution in [-0.4, -0.2) is 11.3 Å². The van der Waals surface area contributed by atoms with Crippen LogP contribution in [-0.2, 0) is 0 Å². The molecule has 2 aromatic rings. The highest BCUT2D eigenvalue weighted by Crippen LogP contribution is 2.22. The molecular formula is C13H13NO. The van der Waals surface area contributed by atoms with Gasteiger partial charge in [0.1, 0.15) is 5.69 Å². The number of nitrogens with zero attached hydrogens (tertiary/aromatic N) is 1. The van der Waals surface area contributed by atoms with Gasteiger partial charge in [-0.05, 0) is 49.6 Å². The highest BCUT2D eigenvalue weighted by Gasteiger charge is 2.05. The summed E-state index contributed by atoms with van der Waals surface area (Å²) in [5.41, 5.74) is 4.92. The monoisotopic (exact) mass is 199 g/mol. The molecule has 0 saturated heterocycles. The van der Waals surface area contributed by atoms with E-state index < -0.39 is 0 Å². The Morgan fingerprint density at radius 3 is 2.40 bits per heavy atom. The molecule has 2 nitrogen and oxygen atoms in total.